The summed E-state index contributed by atoms with van der Waals surface area (Å²) in [6.45, 7) is 2.23. The smallest absolute Gasteiger partial charge is 0.270 e. The number of nitrogens with one attached hydrogen (secondary N) is 2. The number of carbonyl (C=O) groups is 2. The minimum Gasteiger partial charge on any atom is -0.347 e. The normalized spacial score (nSPS) is 10.8. The van der Waals surface area contributed by atoms with Gasteiger partial charge in [-0.2, -0.15) is 0 Å². The van der Waals surface area contributed by atoms with Gasteiger partial charge >= 0.3 is 0 Å². The number of nitrogens with zero attached hydrogens (tertiary/aromatic N) is 2. The molecule has 2 aromatic heterocycles. The number of imidazole rings is 1. The average molecular weight is 451 g/mol. The Kier molecular flexibility index (Phi) is 6.18. The second-order valence-electron chi connectivity index (χ2n) is 7.18. The molecule has 0 spiro atoms. The molecule has 2 amide bonds. The molecule has 6 nitrogen and oxygen atoms in total. The third-order valence-electron chi connectivity index (χ3n) is 4.98. The van der Waals surface area contributed by atoms with Crippen molar-refractivity contribution in [2.75, 3.05) is 5.32 Å². The van der Waals surface area contributed by atoms with Crippen molar-refractivity contribution in [3.8, 4) is 0 Å². The van der Waals surface area contributed by atoms with E-state index in [9.17, 15) is 14.0 Å². The highest BCUT2D eigenvalue weighted by Gasteiger charge is 2.18. The van der Waals surface area contributed by atoms with Gasteiger partial charge in [0.25, 0.3) is 11.8 Å². The largest absolute Gasteiger partial charge is 0.347 e. The number of hydrogen-bond acceptors (Lipinski definition) is 3. The van der Waals surface area contributed by atoms with Gasteiger partial charge in [-0.15, -0.1) is 0 Å². The zero-order valence-corrected chi connectivity index (χ0v) is 18.0. The third-order valence-corrected chi connectivity index (χ3v) is 5.20. The summed E-state index contributed by atoms with van der Waals surface area (Å²) < 4.78 is 14.7. The highest BCUT2D eigenvalue weighted by atomic mass is 35.5. The number of carbonyl (C=O) groups excluding carboxylic acids is 2. The van der Waals surface area contributed by atoms with Gasteiger partial charge < -0.3 is 10.6 Å². The molecule has 2 N–H and O–H groups in total. The number of benzene rings is 2. The summed E-state index contributed by atoms with van der Waals surface area (Å²) in [4.78, 5) is 29.7. The first-order valence-corrected chi connectivity index (χ1v) is 10.4. The van der Waals surface area contributed by atoms with Gasteiger partial charge in [-0.3, -0.25) is 14.0 Å². The van der Waals surface area contributed by atoms with Crippen LogP contribution in [0.1, 0.15) is 39.0 Å². The monoisotopic (exact) mass is 450 g/mol. The number of fused-ring (bicyclic) bond motifs is 1. The summed E-state index contributed by atoms with van der Waals surface area (Å²) in [6, 6.07) is 15.9. The lowest BCUT2D eigenvalue weighted by Gasteiger charge is -2.09. The maximum absolute atomic E-state index is 13.0. The summed E-state index contributed by atoms with van der Waals surface area (Å²) in [6.07, 6.45) is 2.28. The van der Waals surface area contributed by atoms with Crippen molar-refractivity contribution in [3.63, 3.8) is 0 Å². The Balaban J connectivity index is 1.43. The van der Waals surface area contributed by atoms with Crippen LogP contribution in [0.25, 0.3) is 5.65 Å². The molecule has 0 saturated heterocycles. The number of amides is 2. The van der Waals surface area contributed by atoms with Gasteiger partial charge in [0.2, 0.25) is 0 Å². The first-order valence-electron chi connectivity index (χ1n) is 10.0. The van der Waals surface area contributed by atoms with Gasteiger partial charge in [0.05, 0.1) is 10.7 Å². The molecule has 0 bridgehead atoms. The van der Waals surface area contributed by atoms with Gasteiger partial charge in [0, 0.05) is 24.0 Å². The van der Waals surface area contributed by atoms with Gasteiger partial charge in [0.1, 0.15) is 17.2 Å². The molecular weight excluding hydrogens is 431 g/mol. The molecule has 162 valence electrons. The van der Waals surface area contributed by atoms with Crippen LogP contribution in [0.15, 0.2) is 66.9 Å². The van der Waals surface area contributed by atoms with Gasteiger partial charge in [-0.25, -0.2) is 9.37 Å². The molecule has 0 aliphatic heterocycles. The SMILES string of the molecule is CCc1nc2ccc(Cl)cn2c1C(=O)NCc1ccc(C(=O)Nc2ccc(F)cc2)cc1. The Morgan fingerprint density at radius 1 is 1.00 bits per heavy atom. The Morgan fingerprint density at radius 3 is 2.41 bits per heavy atom. The van der Waals surface area contributed by atoms with Crippen LogP contribution in [0, 0.1) is 5.82 Å². The number of halogens is 2. The highest BCUT2D eigenvalue weighted by molar-refractivity contribution is 6.30. The summed E-state index contributed by atoms with van der Waals surface area (Å²) >= 11 is 6.09. The van der Waals surface area contributed by atoms with E-state index in [2.05, 4.69) is 15.6 Å². The van der Waals surface area contributed by atoms with Crippen LogP contribution >= 0.6 is 11.6 Å². The van der Waals surface area contributed by atoms with E-state index in [1.54, 1.807) is 47.0 Å². The van der Waals surface area contributed by atoms with E-state index in [0.29, 0.717) is 39.7 Å². The van der Waals surface area contributed by atoms with Crippen molar-refractivity contribution >= 4 is 34.7 Å². The summed E-state index contributed by atoms with van der Waals surface area (Å²) in [7, 11) is 0. The second kappa shape index (κ2) is 9.20. The van der Waals surface area contributed by atoms with Crippen LogP contribution < -0.4 is 10.6 Å². The summed E-state index contributed by atoms with van der Waals surface area (Å²) in [5.41, 5.74) is 3.61. The lowest BCUT2D eigenvalue weighted by molar-refractivity contribution is 0.0943. The van der Waals surface area contributed by atoms with E-state index < -0.39 is 0 Å². The van der Waals surface area contributed by atoms with E-state index in [4.69, 9.17) is 11.6 Å². The van der Waals surface area contributed by atoms with E-state index >= 15 is 0 Å². The average Bonchev–Trinajstić information content (AvgIpc) is 3.17. The number of rotatable bonds is 6. The minimum absolute atomic E-state index is 0.255. The summed E-state index contributed by atoms with van der Waals surface area (Å²) in [5.74, 6) is -0.926. The minimum atomic E-state index is -0.368. The van der Waals surface area contributed by atoms with Crippen molar-refractivity contribution in [1.82, 2.24) is 14.7 Å². The fourth-order valence-electron chi connectivity index (χ4n) is 3.33. The molecule has 0 unspecified atom stereocenters. The molecule has 0 radical (unpaired) electrons. The van der Waals surface area contributed by atoms with Crippen molar-refractivity contribution in [2.45, 2.75) is 19.9 Å². The Labute approximate surface area is 189 Å². The molecule has 0 fully saturated rings. The van der Waals surface area contributed by atoms with E-state index in [1.807, 2.05) is 6.92 Å². The van der Waals surface area contributed by atoms with Crippen LogP contribution in [0.5, 0.6) is 0 Å². The number of aryl methyl sites for hydroxylation is 1. The zero-order valence-electron chi connectivity index (χ0n) is 17.2. The molecule has 2 aromatic carbocycles. The molecular formula is C24H20ClFN4O2. The van der Waals surface area contributed by atoms with E-state index in [1.165, 1.54) is 24.3 Å². The summed E-state index contributed by atoms with van der Waals surface area (Å²) in [5, 5.41) is 6.13. The van der Waals surface area contributed by atoms with Crippen LogP contribution in [-0.4, -0.2) is 21.2 Å². The topological polar surface area (TPSA) is 75.5 Å². The zero-order chi connectivity index (χ0) is 22.7. The van der Waals surface area contributed by atoms with Crippen LogP contribution in [-0.2, 0) is 13.0 Å². The number of anilines is 1. The predicted molar refractivity (Wildman–Crippen MR) is 122 cm³/mol. The van der Waals surface area contributed by atoms with Crippen LogP contribution in [0.2, 0.25) is 5.02 Å². The number of pyridine rings is 1. The fraction of sp³-hybridized carbons (Fsp3) is 0.125. The molecule has 4 rings (SSSR count). The Hall–Kier alpha value is -3.71. The predicted octanol–water partition coefficient (Wildman–Crippen LogP) is 4.87. The molecule has 32 heavy (non-hydrogen) atoms. The number of hydrogen-bond donors (Lipinski definition) is 2. The standard InChI is InChI=1S/C24H20ClFN4O2/c1-2-20-22(30-14-17(25)7-12-21(30)29-20)24(32)27-13-15-3-5-16(6-4-15)23(31)28-19-10-8-18(26)9-11-19/h3-12,14H,2,13H2,1H3,(H,27,32)(H,28,31). The van der Waals surface area contributed by atoms with Crippen LogP contribution in [0.4, 0.5) is 10.1 Å². The molecule has 2 heterocycles. The maximum atomic E-state index is 13.0. The number of aromatic nitrogens is 2. The quantitative estimate of drug-likeness (QED) is 0.440. The molecule has 0 aliphatic rings. The van der Waals surface area contributed by atoms with Crippen molar-refractivity contribution in [1.29, 1.82) is 0 Å². The molecule has 0 saturated carbocycles. The van der Waals surface area contributed by atoms with E-state index in [-0.39, 0.29) is 24.2 Å². The first-order chi connectivity index (χ1) is 15.4. The Bertz CT molecular complexity index is 1280. The fourth-order valence-corrected chi connectivity index (χ4v) is 3.49. The maximum Gasteiger partial charge on any atom is 0.270 e. The van der Waals surface area contributed by atoms with Crippen molar-refractivity contribution in [2.24, 2.45) is 0 Å². The lowest BCUT2D eigenvalue weighted by atomic mass is 10.1. The molecule has 8 heteroatoms. The van der Waals surface area contributed by atoms with Gasteiger partial charge in [-0.05, 0) is 60.5 Å². The van der Waals surface area contributed by atoms with Crippen molar-refractivity contribution < 1.29 is 14.0 Å². The van der Waals surface area contributed by atoms with Crippen LogP contribution in [0.3, 0.4) is 0 Å². The van der Waals surface area contributed by atoms with Crippen molar-refractivity contribution in [3.05, 3.63) is 100 Å². The molecule has 0 atom stereocenters. The van der Waals surface area contributed by atoms with E-state index in [0.717, 1.165) is 5.56 Å². The molecule has 0 aliphatic carbocycles. The first kappa shape index (κ1) is 21.5. The third kappa shape index (κ3) is 4.63. The highest BCUT2D eigenvalue weighted by Crippen LogP contribution is 2.18. The molecule has 4 aromatic rings. The van der Waals surface area contributed by atoms with Gasteiger partial charge in [0.15, 0.2) is 0 Å². The Morgan fingerprint density at radius 2 is 1.72 bits per heavy atom. The lowest BCUT2D eigenvalue weighted by Crippen LogP contribution is -2.25. The second-order valence-corrected chi connectivity index (χ2v) is 7.61. The van der Waals surface area contributed by atoms with Gasteiger partial charge in [-0.1, -0.05) is 30.7 Å².